The van der Waals surface area contributed by atoms with Gasteiger partial charge in [-0.1, -0.05) is 55.0 Å². The minimum atomic E-state index is -0.882. The minimum absolute atomic E-state index is 0.0959. The predicted molar refractivity (Wildman–Crippen MR) is 154 cm³/mol. The van der Waals surface area contributed by atoms with Crippen LogP contribution in [0.2, 0.25) is 0 Å². The number of benzene rings is 2. The number of aliphatic hydroxyl groups is 1. The van der Waals surface area contributed by atoms with Crippen LogP contribution in [0.15, 0.2) is 77.7 Å². The molecule has 0 bridgehead atoms. The van der Waals surface area contributed by atoms with Crippen LogP contribution in [0.1, 0.15) is 54.3 Å². The van der Waals surface area contributed by atoms with Crippen molar-refractivity contribution in [3.8, 4) is 0 Å². The summed E-state index contributed by atoms with van der Waals surface area (Å²) >= 11 is 0. The van der Waals surface area contributed by atoms with Gasteiger partial charge in [-0.05, 0) is 36.6 Å². The van der Waals surface area contributed by atoms with E-state index in [-0.39, 0.29) is 37.2 Å². The van der Waals surface area contributed by atoms with Crippen molar-refractivity contribution in [3.05, 3.63) is 94.5 Å². The molecule has 0 spiro atoms. The van der Waals surface area contributed by atoms with E-state index in [9.17, 15) is 24.3 Å². The average Bonchev–Trinajstić information content (AvgIpc) is 3.37. The number of ether oxygens (including phenoxy) is 2. The van der Waals surface area contributed by atoms with Gasteiger partial charge in [0, 0.05) is 37.7 Å². The van der Waals surface area contributed by atoms with Gasteiger partial charge in [-0.15, -0.1) is 0 Å². The molecule has 1 aliphatic heterocycles. The van der Waals surface area contributed by atoms with Gasteiger partial charge < -0.3 is 30.5 Å². The molecule has 3 aromatic rings. The summed E-state index contributed by atoms with van der Waals surface area (Å²) in [6.45, 7) is 0.758. The molecule has 1 aromatic heterocycles. The first-order valence-corrected chi connectivity index (χ1v) is 13.9. The molecule has 0 aliphatic carbocycles. The summed E-state index contributed by atoms with van der Waals surface area (Å²) in [5.41, 5.74) is 0.710. The molecule has 2 heterocycles. The fourth-order valence-corrected chi connectivity index (χ4v) is 4.40. The first kappa shape index (κ1) is 30.4. The monoisotopic (exact) mass is 577 g/mol. The summed E-state index contributed by atoms with van der Waals surface area (Å²) in [6, 6.07) is 19.5. The Labute approximate surface area is 243 Å². The van der Waals surface area contributed by atoms with Crippen molar-refractivity contribution >= 4 is 23.7 Å². The molecule has 4 N–H and O–H groups in total. The van der Waals surface area contributed by atoms with E-state index in [1.807, 2.05) is 30.3 Å². The molecule has 3 atom stereocenters. The molecular formula is C30H35N5O7. The minimum Gasteiger partial charge on any atom is -0.445 e. The molecular weight excluding hydrogens is 542 g/mol. The Morgan fingerprint density at radius 2 is 1.71 bits per heavy atom. The predicted octanol–water partition coefficient (Wildman–Crippen LogP) is 2.75. The second-order valence-electron chi connectivity index (χ2n) is 9.86. The summed E-state index contributed by atoms with van der Waals surface area (Å²) in [5, 5.41) is 18.5. The highest BCUT2D eigenvalue weighted by Crippen LogP contribution is 2.27. The Morgan fingerprint density at radius 1 is 0.976 bits per heavy atom. The molecule has 42 heavy (non-hydrogen) atoms. The molecule has 1 saturated heterocycles. The molecule has 1 fully saturated rings. The standard InChI is InChI=1S/C30H35N5O7/c36-23-18-27(35-17-15-25(34-29(35)39)33-28(38)22-12-6-2-7-13-22)42-24(23)19-32-26(37)14-8-3-9-16-31-30(40)41-20-21-10-4-1-5-11-21/h1-2,4-7,10-13,15,17,23-24,27,36H,3,8-9,14,16,18-20H2,(H,31,40)(H,32,37)(H,33,34,38,39)/t23-,24+,27+/m0/s1. The van der Waals surface area contributed by atoms with Crippen molar-refractivity contribution in [2.75, 3.05) is 18.4 Å². The number of nitrogens with zero attached hydrogens (tertiary/aromatic N) is 2. The van der Waals surface area contributed by atoms with Gasteiger partial charge in [0.25, 0.3) is 5.91 Å². The van der Waals surface area contributed by atoms with Gasteiger partial charge in [0.05, 0.1) is 6.10 Å². The average molecular weight is 578 g/mol. The van der Waals surface area contributed by atoms with E-state index < -0.39 is 30.2 Å². The van der Waals surface area contributed by atoms with Crippen LogP contribution in [0, 0.1) is 0 Å². The van der Waals surface area contributed by atoms with Crippen molar-refractivity contribution in [2.45, 2.75) is 57.1 Å². The number of hydrogen-bond donors (Lipinski definition) is 4. The van der Waals surface area contributed by atoms with Crippen molar-refractivity contribution in [1.29, 1.82) is 0 Å². The third-order valence-electron chi connectivity index (χ3n) is 6.69. The summed E-state index contributed by atoms with van der Waals surface area (Å²) < 4.78 is 12.2. The third-order valence-corrected chi connectivity index (χ3v) is 6.69. The number of anilines is 1. The number of aliphatic hydroxyl groups excluding tert-OH is 1. The lowest BCUT2D eigenvalue weighted by atomic mass is 10.1. The van der Waals surface area contributed by atoms with Crippen LogP contribution >= 0.6 is 0 Å². The molecule has 1 aliphatic rings. The van der Waals surface area contributed by atoms with E-state index in [2.05, 4.69) is 20.9 Å². The molecule has 0 saturated carbocycles. The zero-order valence-electron chi connectivity index (χ0n) is 23.1. The van der Waals surface area contributed by atoms with Gasteiger partial charge in [0.15, 0.2) is 0 Å². The van der Waals surface area contributed by atoms with E-state index in [0.717, 1.165) is 12.0 Å². The maximum Gasteiger partial charge on any atom is 0.407 e. The maximum atomic E-state index is 12.6. The molecule has 0 unspecified atom stereocenters. The molecule has 3 amide bonds. The van der Waals surface area contributed by atoms with Gasteiger partial charge in [-0.3, -0.25) is 14.2 Å². The highest BCUT2D eigenvalue weighted by Gasteiger charge is 2.35. The fraction of sp³-hybridized carbons (Fsp3) is 0.367. The van der Waals surface area contributed by atoms with Crippen LogP contribution in [0.4, 0.5) is 10.6 Å². The van der Waals surface area contributed by atoms with Crippen LogP contribution in [0.5, 0.6) is 0 Å². The number of hydrogen-bond acceptors (Lipinski definition) is 8. The van der Waals surface area contributed by atoms with Gasteiger partial charge >= 0.3 is 11.8 Å². The van der Waals surface area contributed by atoms with Crippen molar-refractivity contribution in [2.24, 2.45) is 0 Å². The Morgan fingerprint density at radius 3 is 2.45 bits per heavy atom. The lowest BCUT2D eigenvalue weighted by molar-refractivity contribution is -0.122. The van der Waals surface area contributed by atoms with E-state index in [4.69, 9.17) is 9.47 Å². The zero-order valence-corrected chi connectivity index (χ0v) is 23.1. The zero-order chi connectivity index (χ0) is 29.7. The number of carbonyl (C=O) groups excluding carboxylic acids is 3. The van der Waals surface area contributed by atoms with Crippen LogP contribution < -0.4 is 21.6 Å². The van der Waals surface area contributed by atoms with Crippen LogP contribution in [0.25, 0.3) is 0 Å². The number of aromatic nitrogens is 2. The summed E-state index contributed by atoms with van der Waals surface area (Å²) in [5.74, 6) is -0.465. The SMILES string of the molecule is O=C(CCCCCNC(=O)OCc1ccccc1)NC[C@H]1O[C@@H](n2ccc(NC(=O)c3ccccc3)nc2=O)C[C@@H]1O. The van der Waals surface area contributed by atoms with Gasteiger partial charge in [-0.2, -0.15) is 4.98 Å². The maximum absolute atomic E-state index is 12.6. The third kappa shape index (κ3) is 9.25. The second kappa shape index (κ2) is 15.5. The lowest BCUT2D eigenvalue weighted by Crippen LogP contribution is -2.37. The summed E-state index contributed by atoms with van der Waals surface area (Å²) in [6.07, 6.45) is 1.18. The van der Waals surface area contributed by atoms with E-state index in [1.54, 1.807) is 30.3 Å². The molecule has 222 valence electrons. The Bertz CT molecular complexity index is 1380. The van der Waals surface area contributed by atoms with Crippen molar-refractivity contribution in [3.63, 3.8) is 0 Å². The Balaban J connectivity index is 1.10. The van der Waals surface area contributed by atoms with E-state index in [1.165, 1.54) is 16.8 Å². The lowest BCUT2D eigenvalue weighted by Gasteiger charge is -2.17. The highest BCUT2D eigenvalue weighted by atomic mass is 16.5. The number of rotatable bonds is 13. The fourth-order valence-electron chi connectivity index (χ4n) is 4.40. The van der Waals surface area contributed by atoms with Crippen LogP contribution in [0.3, 0.4) is 0 Å². The number of nitrogens with one attached hydrogen (secondary N) is 3. The first-order chi connectivity index (χ1) is 20.4. The molecule has 4 rings (SSSR count). The topological polar surface area (TPSA) is 161 Å². The smallest absolute Gasteiger partial charge is 0.407 e. The van der Waals surface area contributed by atoms with Crippen molar-refractivity contribution < 1.29 is 29.0 Å². The Hall–Kier alpha value is -4.55. The molecule has 12 heteroatoms. The molecule has 0 radical (unpaired) electrons. The number of carbonyl (C=O) groups is 3. The van der Waals surface area contributed by atoms with Crippen molar-refractivity contribution in [1.82, 2.24) is 20.2 Å². The highest BCUT2D eigenvalue weighted by molar-refractivity contribution is 6.03. The largest absolute Gasteiger partial charge is 0.445 e. The van der Waals surface area contributed by atoms with E-state index in [0.29, 0.717) is 31.4 Å². The molecule has 12 nitrogen and oxygen atoms in total. The number of alkyl carbamates (subject to hydrolysis) is 1. The summed E-state index contributed by atoms with van der Waals surface area (Å²) in [7, 11) is 0. The van der Waals surface area contributed by atoms with Crippen LogP contribution in [-0.2, 0) is 20.9 Å². The second-order valence-corrected chi connectivity index (χ2v) is 9.86. The number of unbranched alkanes of at least 4 members (excludes halogenated alkanes) is 2. The number of amides is 3. The normalized spacial score (nSPS) is 17.8. The van der Waals surface area contributed by atoms with Gasteiger partial charge in [0.2, 0.25) is 5.91 Å². The van der Waals surface area contributed by atoms with E-state index >= 15 is 0 Å². The Kier molecular flexibility index (Phi) is 11.2. The van der Waals surface area contributed by atoms with Gasteiger partial charge in [-0.25, -0.2) is 9.59 Å². The quantitative estimate of drug-likeness (QED) is 0.226. The molecule has 2 aromatic carbocycles. The van der Waals surface area contributed by atoms with Crippen LogP contribution in [-0.4, -0.2) is 57.9 Å². The van der Waals surface area contributed by atoms with Gasteiger partial charge in [0.1, 0.15) is 24.8 Å². The summed E-state index contributed by atoms with van der Waals surface area (Å²) in [4.78, 5) is 52.8. The first-order valence-electron chi connectivity index (χ1n) is 13.9.